The van der Waals surface area contributed by atoms with E-state index >= 15 is 0 Å². The molecule has 0 N–H and O–H groups in total. The zero-order valence-electron chi connectivity index (χ0n) is 33.8. The van der Waals surface area contributed by atoms with Crippen LogP contribution in [0.5, 0.6) is 34.5 Å². The number of aryl methyl sites for hydroxylation is 1. The Kier molecular flexibility index (Phi) is 11.8. The number of esters is 4. The number of nitrogens with zero attached hydrogens (tertiary/aromatic N) is 3. The monoisotopic (exact) mass is 825 g/mol. The van der Waals surface area contributed by atoms with E-state index in [1.165, 1.54) is 38.2 Å². The minimum Gasteiger partial charge on any atom is -0.493 e. The lowest BCUT2D eigenvalue weighted by atomic mass is 10.0. The van der Waals surface area contributed by atoms with Crippen LogP contribution in [0.4, 0.5) is 0 Å². The molecule has 0 unspecified atom stereocenters. The molecule has 4 aromatic rings. The summed E-state index contributed by atoms with van der Waals surface area (Å²) in [4.78, 5) is 61.0. The fourth-order valence-corrected chi connectivity index (χ4v) is 7.63. The Morgan fingerprint density at radius 3 is 1.67 bits per heavy atom. The standard InChI is InChI=1S/C43H43N3O14/c1-51-32-23-29(24-33(52-2)40(32)55-5)31-21-27(15-16-44-31)25-46-19-18-45(17-7-8-26-9-10-30-28(20-26)22-34(53-3)41(56-6)39(30)54-4)42(57-35(47)11-12-36(48)58-42)43(46)59-37(49)13-14-38(50)60-43/h9-16,20-24H,7-8,17-19,25H2,1-6H3. The molecular weight excluding hydrogens is 782 g/mol. The van der Waals surface area contributed by atoms with Crippen molar-refractivity contribution >= 4 is 34.6 Å². The summed E-state index contributed by atoms with van der Waals surface area (Å²) in [5, 5.41) is 1.66. The summed E-state index contributed by atoms with van der Waals surface area (Å²) in [5.41, 5.74) is 2.67. The van der Waals surface area contributed by atoms with Crippen molar-refractivity contribution in [2.24, 2.45) is 0 Å². The van der Waals surface area contributed by atoms with E-state index in [0.29, 0.717) is 64.2 Å². The highest BCUT2D eigenvalue weighted by molar-refractivity contribution is 5.95. The number of pyridine rings is 1. The minimum atomic E-state index is -2.63. The molecule has 3 aliphatic rings. The van der Waals surface area contributed by atoms with Gasteiger partial charge in [-0.2, -0.15) is 0 Å². The van der Waals surface area contributed by atoms with Crippen LogP contribution < -0.4 is 28.4 Å². The van der Waals surface area contributed by atoms with E-state index in [2.05, 4.69) is 4.98 Å². The van der Waals surface area contributed by atoms with E-state index in [1.807, 2.05) is 24.3 Å². The molecule has 0 saturated carbocycles. The average molecular weight is 826 g/mol. The second kappa shape index (κ2) is 17.2. The molecule has 4 heterocycles. The molecular formula is C43H43N3O14. The highest BCUT2D eigenvalue weighted by atomic mass is 16.8. The SMILES string of the molecule is COc1cc(-c2cc(CN3CCN(CCCc4ccc5c(OC)c(OC)c(OC)cc5c4)C4(OC(=O)C=CC(=O)O4)C34OC(=O)C=CC(=O)O4)ccn2)cc(OC)c1OC. The van der Waals surface area contributed by atoms with Crippen LogP contribution in [-0.4, -0.2) is 113 Å². The van der Waals surface area contributed by atoms with Crippen LogP contribution in [0.15, 0.2) is 79.0 Å². The molecule has 17 heteroatoms. The minimum absolute atomic E-state index is 0.0735. The molecule has 3 aromatic carbocycles. The van der Waals surface area contributed by atoms with Gasteiger partial charge < -0.3 is 47.4 Å². The fraction of sp³-hybridized carbons (Fsp3) is 0.326. The Bertz CT molecular complexity index is 2330. The number of fused-ring (bicyclic) bond motifs is 2. The van der Waals surface area contributed by atoms with Crippen LogP contribution >= 0.6 is 0 Å². The van der Waals surface area contributed by atoms with Crippen LogP contribution in [0.3, 0.4) is 0 Å². The van der Waals surface area contributed by atoms with Gasteiger partial charge >= 0.3 is 35.7 Å². The molecule has 3 aliphatic heterocycles. The fourth-order valence-electron chi connectivity index (χ4n) is 7.63. The predicted molar refractivity (Wildman–Crippen MR) is 211 cm³/mol. The van der Waals surface area contributed by atoms with Gasteiger partial charge in [-0.3, -0.25) is 4.98 Å². The summed E-state index contributed by atoms with van der Waals surface area (Å²) in [6, 6.07) is 14.7. The Labute approximate surface area is 344 Å². The molecule has 17 nitrogen and oxygen atoms in total. The van der Waals surface area contributed by atoms with Crippen molar-refractivity contribution < 1.29 is 66.5 Å². The first-order valence-corrected chi connectivity index (χ1v) is 18.8. The molecule has 60 heavy (non-hydrogen) atoms. The third-order valence-electron chi connectivity index (χ3n) is 10.3. The van der Waals surface area contributed by atoms with Gasteiger partial charge in [0.05, 0.1) is 48.4 Å². The van der Waals surface area contributed by atoms with Crippen molar-refractivity contribution in [1.29, 1.82) is 0 Å². The Morgan fingerprint density at radius 1 is 0.583 bits per heavy atom. The number of piperazine rings is 1. The summed E-state index contributed by atoms with van der Waals surface area (Å²) >= 11 is 0. The molecule has 314 valence electrons. The molecule has 0 bridgehead atoms. The molecule has 7 rings (SSSR count). The van der Waals surface area contributed by atoms with Crippen molar-refractivity contribution in [2.45, 2.75) is 31.2 Å². The topological polar surface area (TPSA) is 180 Å². The first kappa shape index (κ1) is 41.3. The van der Waals surface area contributed by atoms with Crippen LogP contribution in [-0.2, 0) is 51.1 Å². The van der Waals surface area contributed by atoms with Gasteiger partial charge in [-0.25, -0.2) is 29.0 Å². The van der Waals surface area contributed by atoms with Gasteiger partial charge in [0, 0.05) is 67.6 Å². The molecule has 0 atom stereocenters. The van der Waals surface area contributed by atoms with Gasteiger partial charge in [0.25, 0.3) is 0 Å². The summed E-state index contributed by atoms with van der Waals surface area (Å²) in [6.45, 7) is 0.214. The van der Waals surface area contributed by atoms with Crippen molar-refractivity contribution in [2.75, 3.05) is 62.3 Å². The smallest absolute Gasteiger partial charge is 0.420 e. The Balaban J connectivity index is 1.24. The highest BCUT2D eigenvalue weighted by Gasteiger charge is 2.74. The zero-order valence-corrected chi connectivity index (χ0v) is 33.8. The lowest BCUT2D eigenvalue weighted by Gasteiger charge is -2.55. The molecule has 0 amide bonds. The normalized spacial score (nSPS) is 17.3. The Morgan fingerprint density at radius 2 is 1.12 bits per heavy atom. The number of ether oxygens (including phenoxy) is 10. The quantitative estimate of drug-likeness (QED) is 0.174. The molecule has 0 aliphatic carbocycles. The number of carbonyl (C=O) groups is 4. The first-order valence-electron chi connectivity index (χ1n) is 18.8. The van der Waals surface area contributed by atoms with Gasteiger partial charge in [-0.05, 0) is 59.7 Å². The van der Waals surface area contributed by atoms with E-state index in [0.717, 1.165) is 40.6 Å². The summed E-state index contributed by atoms with van der Waals surface area (Å²) in [5.74, 6) is -6.54. The number of hydrogen-bond donors (Lipinski definition) is 0. The Hall–Kier alpha value is -6.85. The van der Waals surface area contributed by atoms with E-state index in [4.69, 9.17) is 47.4 Å². The largest absolute Gasteiger partial charge is 0.493 e. The lowest BCUT2D eigenvalue weighted by molar-refractivity contribution is -0.464. The summed E-state index contributed by atoms with van der Waals surface area (Å²) < 4.78 is 57.3. The van der Waals surface area contributed by atoms with Crippen LogP contribution in [0.1, 0.15) is 17.5 Å². The van der Waals surface area contributed by atoms with Crippen molar-refractivity contribution in [3.8, 4) is 45.8 Å². The van der Waals surface area contributed by atoms with E-state index in [9.17, 15) is 19.2 Å². The van der Waals surface area contributed by atoms with Crippen LogP contribution in [0.2, 0.25) is 0 Å². The zero-order chi connectivity index (χ0) is 42.6. The van der Waals surface area contributed by atoms with Crippen LogP contribution in [0.25, 0.3) is 22.0 Å². The van der Waals surface area contributed by atoms with Crippen molar-refractivity contribution in [3.05, 3.63) is 90.2 Å². The maximum Gasteiger partial charge on any atom is 0.420 e. The number of aromatic nitrogens is 1. The first-order chi connectivity index (χ1) is 29.0. The number of rotatable bonds is 13. The lowest BCUT2D eigenvalue weighted by Crippen LogP contribution is -2.80. The molecule has 1 aromatic heterocycles. The number of hydrogen-bond acceptors (Lipinski definition) is 17. The van der Waals surface area contributed by atoms with Gasteiger partial charge in [0.1, 0.15) is 0 Å². The maximum atomic E-state index is 13.4. The van der Waals surface area contributed by atoms with Crippen molar-refractivity contribution in [1.82, 2.24) is 14.8 Å². The van der Waals surface area contributed by atoms with E-state index < -0.39 is 35.7 Å². The second-order valence-corrected chi connectivity index (χ2v) is 13.7. The summed E-state index contributed by atoms with van der Waals surface area (Å²) in [6.07, 6.45) is 6.03. The van der Waals surface area contributed by atoms with Gasteiger partial charge in [0.2, 0.25) is 11.5 Å². The van der Waals surface area contributed by atoms with E-state index in [-0.39, 0.29) is 26.2 Å². The van der Waals surface area contributed by atoms with Crippen molar-refractivity contribution in [3.63, 3.8) is 0 Å². The second-order valence-electron chi connectivity index (χ2n) is 13.7. The molecule has 2 spiro atoms. The predicted octanol–water partition coefficient (Wildman–Crippen LogP) is 4.32. The number of carbonyl (C=O) groups excluding carboxylic acids is 4. The molecule has 1 saturated heterocycles. The van der Waals surface area contributed by atoms with Gasteiger partial charge in [-0.15, -0.1) is 0 Å². The van der Waals surface area contributed by atoms with Crippen LogP contribution in [0, 0.1) is 0 Å². The molecule has 1 fully saturated rings. The van der Waals surface area contributed by atoms with E-state index in [1.54, 1.807) is 44.7 Å². The van der Waals surface area contributed by atoms with Gasteiger partial charge in [-0.1, -0.05) is 18.2 Å². The molecule has 0 radical (unpaired) electrons. The third-order valence-corrected chi connectivity index (χ3v) is 10.3. The highest BCUT2D eigenvalue weighted by Crippen LogP contribution is 2.47. The number of methoxy groups -OCH3 is 6. The number of benzene rings is 3. The third kappa shape index (κ3) is 7.59. The average Bonchev–Trinajstić information content (AvgIpc) is 3.51. The van der Waals surface area contributed by atoms with Gasteiger partial charge in [0.15, 0.2) is 23.0 Å². The maximum absolute atomic E-state index is 13.4. The summed E-state index contributed by atoms with van der Waals surface area (Å²) in [7, 11) is 9.15.